The number of aryl methyl sites for hydroxylation is 2. The number of halogens is 1. The van der Waals surface area contributed by atoms with E-state index in [9.17, 15) is 9.59 Å². The topological polar surface area (TPSA) is 102 Å². The number of rotatable bonds is 6. The van der Waals surface area contributed by atoms with Crippen molar-refractivity contribution in [3.8, 4) is 11.6 Å². The van der Waals surface area contributed by atoms with E-state index in [0.717, 1.165) is 11.1 Å². The highest BCUT2D eigenvalue weighted by molar-refractivity contribution is 6.28. The monoisotopic (exact) mass is 387 g/mol. The van der Waals surface area contributed by atoms with Crippen LogP contribution in [0.4, 0.5) is 5.82 Å². The molecule has 8 nitrogen and oxygen atoms in total. The van der Waals surface area contributed by atoms with E-state index in [1.54, 1.807) is 6.07 Å². The van der Waals surface area contributed by atoms with E-state index in [1.807, 2.05) is 32.0 Å². The third kappa shape index (κ3) is 5.18. The van der Waals surface area contributed by atoms with Gasteiger partial charge in [-0.25, -0.2) is 9.78 Å². The molecular formula is C18H18ClN5O3. The van der Waals surface area contributed by atoms with Crippen LogP contribution in [0.25, 0.3) is 0 Å². The number of hydrogen-bond acceptors (Lipinski definition) is 6. The number of anilines is 1. The molecule has 0 spiro atoms. The standard InChI is InChI=1S/C18H18ClN5O3/c1-11-7-12(2)9-13(8-11)27-16-10-14(21-17(19)23-16)20-4-6-24-5-3-15(25)22-18(24)26/h3,5,7-10H,4,6H2,1-2H3,(H,20,21,23)(H,22,25,26). The summed E-state index contributed by atoms with van der Waals surface area (Å²) in [6, 6.07) is 8.76. The van der Waals surface area contributed by atoms with E-state index < -0.39 is 11.2 Å². The Balaban J connectivity index is 1.69. The van der Waals surface area contributed by atoms with Crippen LogP contribution in [0.5, 0.6) is 11.6 Å². The Kier molecular flexibility index (Phi) is 5.56. The van der Waals surface area contributed by atoms with E-state index in [4.69, 9.17) is 16.3 Å². The lowest BCUT2D eigenvalue weighted by atomic mass is 10.1. The van der Waals surface area contributed by atoms with Gasteiger partial charge in [-0.2, -0.15) is 4.98 Å². The first kappa shape index (κ1) is 18.7. The first-order valence-electron chi connectivity index (χ1n) is 8.23. The quantitative estimate of drug-likeness (QED) is 0.630. The second-order valence-electron chi connectivity index (χ2n) is 6.02. The van der Waals surface area contributed by atoms with Crippen molar-refractivity contribution in [2.75, 3.05) is 11.9 Å². The van der Waals surface area contributed by atoms with E-state index in [2.05, 4.69) is 20.3 Å². The second kappa shape index (κ2) is 8.05. The van der Waals surface area contributed by atoms with Crippen molar-refractivity contribution >= 4 is 17.4 Å². The molecule has 140 valence electrons. The average molecular weight is 388 g/mol. The number of nitrogens with zero attached hydrogens (tertiary/aromatic N) is 3. The predicted octanol–water partition coefficient (Wildman–Crippen LogP) is 2.50. The summed E-state index contributed by atoms with van der Waals surface area (Å²) < 4.78 is 7.17. The van der Waals surface area contributed by atoms with Crippen LogP contribution in [-0.2, 0) is 6.54 Å². The predicted molar refractivity (Wildman–Crippen MR) is 103 cm³/mol. The maximum Gasteiger partial charge on any atom is 0.328 e. The minimum atomic E-state index is -0.469. The van der Waals surface area contributed by atoms with Crippen molar-refractivity contribution in [2.24, 2.45) is 0 Å². The highest BCUT2D eigenvalue weighted by Crippen LogP contribution is 2.24. The zero-order valence-corrected chi connectivity index (χ0v) is 15.6. The van der Waals surface area contributed by atoms with Crippen molar-refractivity contribution in [1.82, 2.24) is 19.5 Å². The molecule has 0 radical (unpaired) electrons. The van der Waals surface area contributed by atoms with Gasteiger partial charge in [-0.05, 0) is 48.7 Å². The summed E-state index contributed by atoms with van der Waals surface area (Å²) in [6.07, 6.45) is 1.43. The van der Waals surface area contributed by atoms with Crippen molar-refractivity contribution in [2.45, 2.75) is 20.4 Å². The molecule has 0 amide bonds. The summed E-state index contributed by atoms with van der Waals surface area (Å²) in [6.45, 7) is 4.70. The van der Waals surface area contributed by atoms with Crippen LogP contribution >= 0.6 is 11.6 Å². The third-order valence-electron chi connectivity index (χ3n) is 3.65. The Bertz CT molecular complexity index is 1060. The molecule has 27 heavy (non-hydrogen) atoms. The zero-order chi connectivity index (χ0) is 19.4. The zero-order valence-electron chi connectivity index (χ0n) is 14.8. The average Bonchev–Trinajstić information content (AvgIpc) is 2.55. The van der Waals surface area contributed by atoms with Crippen molar-refractivity contribution in [1.29, 1.82) is 0 Å². The summed E-state index contributed by atoms with van der Waals surface area (Å²) in [5, 5.41) is 3.10. The Morgan fingerprint density at radius 1 is 1.15 bits per heavy atom. The molecule has 3 rings (SSSR count). The first-order chi connectivity index (χ1) is 12.9. The van der Waals surface area contributed by atoms with Gasteiger partial charge >= 0.3 is 5.69 Å². The van der Waals surface area contributed by atoms with E-state index in [-0.39, 0.29) is 5.28 Å². The number of nitrogens with one attached hydrogen (secondary N) is 2. The van der Waals surface area contributed by atoms with Gasteiger partial charge in [0.1, 0.15) is 11.6 Å². The highest BCUT2D eigenvalue weighted by atomic mass is 35.5. The summed E-state index contributed by atoms with van der Waals surface area (Å²) in [7, 11) is 0. The van der Waals surface area contributed by atoms with Crippen LogP contribution in [-0.4, -0.2) is 26.1 Å². The molecular weight excluding hydrogens is 370 g/mol. The number of benzene rings is 1. The van der Waals surface area contributed by atoms with Crippen molar-refractivity contribution in [3.63, 3.8) is 0 Å². The molecule has 0 unspecified atom stereocenters. The molecule has 0 aliphatic heterocycles. The molecule has 0 saturated carbocycles. The number of aromatic nitrogens is 4. The highest BCUT2D eigenvalue weighted by Gasteiger charge is 2.07. The molecule has 0 saturated heterocycles. The second-order valence-corrected chi connectivity index (χ2v) is 6.35. The lowest BCUT2D eigenvalue weighted by molar-refractivity contribution is 0.461. The lowest BCUT2D eigenvalue weighted by Crippen LogP contribution is -2.30. The smallest absolute Gasteiger partial charge is 0.328 e. The van der Waals surface area contributed by atoms with E-state index in [1.165, 1.54) is 16.8 Å². The number of H-pyrrole nitrogens is 1. The first-order valence-corrected chi connectivity index (χ1v) is 8.61. The summed E-state index contributed by atoms with van der Waals surface area (Å²) >= 11 is 5.98. The van der Waals surface area contributed by atoms with Crippen LogP contribution < -0.4 is 21.3 Å². The summed E-state index contributed by atoms with van der Waals surface area (Å²) in [4.78, 5) is 33.1. The maximum absolute atomic E-state index is 11.7. The van der Waals surface area contributed by atoms with Crippen LogP contribution in [0.1, 0.15) is 11.1 Å². The molecule has 0 aliphatic rings. The Labute approximate surface area is 159 Å². The van der Waals surface area contributed by atoms with Gasteiger partial charge in [-0.3, -0.25) is 14.3 Å². The molecule has 9 heteroatoms. The van der Waals surface area contributed by atoms with Gasteiger partial charge in [0.15, 0.2) is 0 Å². The van der Waals surface area contributed by atoms with Gasteiger partial charge in [-0.1, -0.05) is 6.07 Å². The number of hydrogen-bond donors (Lipinski definition) is 2. The molecule has 2 aromatic heterocycles. The molecule has 0 aliphatic carbocycles. The largest absolute Gasteiger partial charge is 0.439 e. The molecule has 0 bridgehead atoms. The molecule has 2 heterocycles. The fourth-order valence-corrected chi connectivity index (χ4v) is 2.75. The van der Waals surface area contributed by atoms with Crippen LogP contribution in [0, 0.1) is 13.8 Å². The third-order valence-corrected chi connectivity index (χ3v) is 3.82. The van der Waals surface area contributed by atoms with Gasteiger partial charge in [0.05, 0.1) is 0 Å². The normalized spacial score (nSPS) is 10.6. The Morgan fingerprint density at radius 3 is 2.59 bits per heavy atom. The van der Waals surface area contributed by atoms with Crippen molar-refractivity contribution in [3.05, 3.63) is 73.8 Å². The van der Waals surface area contributed by atoms with Gasteiger partial charge in [-0.15, -0.1) is 0 Å². The van der Waals surface area contributed by atoms with Gasteiger partial charge in [0, 0.05) is 31.4 Å². The molecule has 0 fully saturated rings. The molecule has 3 aromatic rings. The summed E-state index contributed by atoms with van der Waals surface area (Å²) in [5.74, 6) is 1.43. The number of ether oxygens (including phenoxy) is 1. The number of aromatic amines is 1. The van der Waals surface area contributed by atoms with E-state index >= 15 is 0 Å². The van der Waals surface area contributed by atoms with Gasteiger partial charge < -0.3 is 10.1 Å². The minimum absolute atomic E-state index is 0.0422. The SMILES string of the molecule is Cc1cc(C)cc(Oc2cc(NCCn3ccc(=O)[nH]c3=O)nc(Cl)n2)c1. The van der Waals surface area contributed by atoms with Gasteiger partial charge in [0.25, 0.3) is 5.56 Å². The summed E-state index contributed by atoms with van der Waals surface area (Å²) in [5.41, 5.74) is 1.26. The molecule has 2 N–H and O–H groups in total. The maximum atomic E-state index is 11.7. The fourth-order valence-electron chi connectivity index (χ4n) is 2.58. The molecule has 1 aromatic carbocycles. The fraction of sp³-hybridized carbons (Fsp3) is 0.222. The minimum Gasteiger partial charge on any atom is -0.439 e. The van der Waals surface area contributed by atoms with Crippen LogP contribution in [0.2, 0.25) is 5.28 Å². The van der Waals surface area contributed by atoms with Crippen LogP contribution in [0.3, 0.4) is 0 Å². The van der Waals surface area contributed by atoms with E-state index in [0.29, 0.717) is 30.5 Å². The lowest BCUT2D eigenvalue weighted by Gasteiger charge is -2.10. The Morgan fingerprint density at radius 2 is 1.89 bits per heavy atom. The van der Waals surface area contributed by atoms with Crippen LogP contribution in [0.15, 0.2) is 46.1 Å². The molecule has 0 atom stereocenters. The van der Waals surface area contributed by atoms with Gasteiger partial charge in [0.2, 0.25) is 11.2 Å². The van der Waals surface area contributed by atoms with Crippen molar-refractivity contribution < 1.29 is 4.74 Å². The Hall–Kier alpha value is -3.13.